The first-order valence-corrected chi connectivity index (χ1v) is 5.43. The maximum atomic E-state index is 13.0. The van der Waals surface area contributed by atoms with E-state index in [-0.39, 0.29) is 11.9 Å². The van der Waals surface area contributed by atoms with Gasteiger partial charge < -0.3 is 15.2 Å². The van der Waals surface area contributed by atoms with E-state index in [1.54, 1.807) is 19.1 Å². The molecule has 88 valence electrons. The van der Waals surface area contributed by atoms with Gasteiger partial charge in [-0.25, -0.2) is 4.39 Å². The van der Waals surface area contributed by atoms with Gasteiger partial charge in [-0.15, -0.1) is 0 Å². The Hall–Kier alpha value is -1.13. The molecule has 1 aromatic rings. The molecular formula is C12H16FNO2. The SMILES string of the molecule is C[C@]1(O)CCNC[C@@H]1Oc1cccc(F)c1. The van der Waals surface area contributed by atoms with Gasteiger partial charge in [-0.05, 0) is 32.0 Å². The van der Waals surface area contributed by atoms with Crippen LogP contribution in [-0.2, 0) is 0 Å². The van der Waals surface area contributed by atoms with Gasteiger partial charge in [-0.3, -0.25) is 0 Å². The summed E-state index contributed by atoms with van der Waals surface area (Å²) in [5.74, 6) is 0.120. The molecule has 0 radical (unpaired) electrons. The summed E-state index contributed by atoms with van der Waals surface area (Å²) in [5, 5.41) is 13.3. The molecule has 0 bridgehead atoms. The minimum atomic E-state index is -0.864. The third kappa shape index (κ3) is 2.51. The lowest BCUT2D eigenvalue weighted by molar-refractivity contribution is -0.0658. The fourth-order valence-corrected chi connectivity index (χ4v) is 1.83. The zero-order chi connectivity index (χ0) is 11.6. The topological polar surface area (TPSA) is 41.5 Å². The first-order valence-electron chi connectivity index (χ1n) is 5.43. The molecule has 1 aromatic carbocycles. The molecule has 16 heavy (non-hydrogen) atoms. The predicted molar refractivity (Wildman–Crippen MR) is 58.9 cm³/mol. The first kappa shape index (κ1) is 11.4. The van der Waals surface area contributed by atoms with Gasteiger partial charge in [0, 0.05) is 12.6 Å². The second kappa shape index (κ2) is 4.39. The molecule has 3 nitrogen and oxygen atoms in total. The van der Waals surface area contributed by atoms with Crippen LogP contribution in [0.5, 0.6) is 5.75 Å². The predicted octanol–water partition coefficient (Wildman–Crippen LogP) is 1.32. The smallest absolute Gasteiger partial charge is 0.139 e. The summed E-state index contributed by atoms with van der Waals surface area (Å²) >= 11 is 0. The number of halogens is 1. The van der Waals surface area contributed by atoms with Crippen molar-refractivity contribution in [1.29, 1.82) is 0 Å². The summed E-state index contributed by atoms with van der Waals surface area (Å²) in [5.41, 5.74) is -0.864. The molecule has 1 aliphatic heterocycles. The molecule has 0 unspecified atom stereocenters. The average Bonchev–Trinajstić information content (AvgIpc) is 2.21. The molecule has 1 saturated heterocycles. The van der Waals surface area contributed by atoms with E-state index in [1.165, 1.54) is 12.1 Å². The van der Waals surface area contributed by atoms with Crippen LogP contribution >= 0.6 is 0 Å². The second-order valence-corrected chi connectivity index (χ2v) is 4.38. The number of hydrogen-bond acceptors (Lipinski definition) is 3. The van der Waals surface area contributed by atoms with Gasteiger partial charge in [0.15, 0.2) is 0 Å². The van der Waals surface area contributed by atoms with Crippen molar-refractivity contribution in [3.8, 4) is 5.75 Å². The molecule has 0 spiro atoms. The Labute approximate surface area is 94.2 Å². The minimum Gasteiger partial charge on any atom is -0.486 e. The number of ether oxygens (including phenoxy) is 1. The van der Waals surface area contributed by atoms with E-state index >= 15 is 0 Å². The van der Waals surface area contributed by atoms with Crippen molar-refractivity contribution in [3.05, 3.63) is 30.1 Å². The van der Waals surface area contributed by atoms with Crippen LogP contribution in [0, 0.1) is 5.82 Å². The summed E-state index contributed by atoms with van der Waals surface area (Å²) in [7, 11) is 0. The number of hydrogen-bond donors (Lipinski definition) is 2. The molecule has 2 atom stereocenters. The molecule has 1 aliphatic rings. The molecule has 2 rings (SSSR count). The van der Waals surface area contributed by atoms with Crippen molar-refractivity contribution in [2.24, 2.45) is 0 Å². The Bertz CT molecular complexity index is 368. The van der Waals surface area contributed by atoms with Crippen LogP contribution in [0.1, 0.15) is 13.3 Å². The van der Waals surface area contributed by atoms with Crippen LogP contribution in [0.15, 0.2) is 24.3 Å². The highest BCUT2D eigenvalue weighted by atomic mass is 19.1. The zero-order valence-corrected chi connectivity index (χ0v) is 9.24. The van der Waals surface area contributed by atoms with E-state index in [1.807, 2.05) is 0 Å². The molecule has 4 heteroatoms. The van der Waals surface area contributed by atoms with Crippen LogP contribution in [-0.4, -0.2) is 29.9 Å². The molecule has 1 fully saturated rings. The standard InChI is InChI=1S/C12H16FNO2/c1-12(15)5-6-14-8-11(12)16-10-4-2-3-9(13)7-10/h2-4,7,11,14-15H,5-6,8H2,1H3/t11-,12-/m0/s1. The maximum absolute atomic E-state index is 13.0. The van der Waals surface area contributed by atoms with Gasteiger partial charge >= 0.3 is 0 Å². The van der Waals surface area contributed by atoms with Crippen molar-refractivity contribution in [1.82, 2.24) is 5.32 Å². The number of aliphatic hydroxyl groups is 1. The zero-order valence-electron chi connectivity index (χ0n) is 9.24. The fourth-order valence-electron chi connectivity index (χ4n) is 1.83. The van der Waals surface area contributed by atoms with Crippen molar-refractivity contribution >= 4 is 0 Å². The molecule has 0 aliphatic carbocycles. The highest BCUT2D eigenvalue weighted by Crippen LogP contribution is 2.23. The van der Waals surface area contributed by atoms with Crippen LogP contribution in [0.25, 0.3) is 0 Å². The molecular weight excluding hydrogens is 209 g/mol. The van der Waals surface area contributed by atoms with Gasteiger partial charge in [-0.1, -0.05) is 6.07 Å². The Morgan fingerprint density at radius 1 is 1.56 bits per heavy atom. The third-order valence-electron chi connectivity index (χ3n) is 2.91. The van der Waals surface area contributed by atoms with Crippen molar-refractivity contribution in [2.45, 2.75) is 25.0 Å². The van der Waals surface area contributed by atoms with E-state index in [2.05, 4.69) is 5.32 Å². The Kier molecular flexibility index (Phi) is 3.12. The maximum Gasteiger partial charge on any atom is 0.139 e. The Morgan fingerprint density at radius 3 is 3.06 bits per heavy atom. The Balaban J connectivity index is 2.08. The highest BCUT2D eigenvalue weighted by Gasteiger charge is 2.36. The largest absolute Gasteiger partial charge is 0.486 e. The molecule has 2 N–H and O–H groups in total. The van der Waals surface area contributed by atoms with E-state index in [0.29, 0.717) is 18.7 Å². The lowest BCUT2D eigenvalue weighted by atomic mass is 9.92. The van der Waals surface area contributed by atoms with Gasteiger partial charge in [-0.2, -0.15) is 0 Å². The number of nitrogens with one attached hydrogen (secondary N) is 1. The highest BCUT2D eigenvalue weighted by molar-refractivity contribution is 5.23. The van der Waals surface area contributed by atoms with E-state index in [0.717, 1.165) is 6.54 Å². The third-order valence-corrected chi connectivity index (χ3v) is 2.91. The van der Waals surface area contributed by atoms with Gasteiger partial charge in [0.05, 0.1) is 0 Å². The first-order chi connectivity index (χ1) is 7.58. The molecule has 1 heterocycles. The summed E-state index contributed by atoms with van der Waals surface area (Å²) in [6.07, 6.45) is 0.288. The van der Waals surface area contributed by atoms with E-state index in [4.69, 9.17) is 4.74 Å². The summed E-state index contributed by atoms with van der Waals surface area (Å²) in [6, 6.07) is 5.97. The lowest BCUT2D eigenvalue weighted by Crippen LogP contribution is -2.55. The molecule has 0 aromatic heterocycles. The van der Waals surface area contributed by atoms with Gasteiger partial charge in [0.25, 0.3) is 0 Å². The van der Waals surface area contributed by atoms with Crippen molar-refractivity contribution in [2.75, 3.05) is 13.1 Å². The van der Waals surface area contributed by atoms with Crippen LogP contribution in [0.4, 0.5) is 4.39 Å². The van der Waals surface area contributed by atoms with Crippen molar-refractivity contribution < 1.29 is 14.2 Å². The second-order valence-electron chi connectivity index (χ2n) is 4.38. The van der Waals surface area contributed by atoms with Crippen LogP contribution in [0.3, 0.4) is 0 Å². The number of rotatable bonds is 2. The van der Waals surface area contributed by atoms with Gasteiger partial charge in [0.2, 0.25) is 0 Å². The lowest BCUT2D eigenvalue weighted by Gasteiger charge is -2.37. The summed E-state index contributed by atoms with van der Waals surface area (Å²) in [4.78, 5) is 0. The van der Waals surface area contributed by atoms with E-state index < -0.39 is 5.60 Å². The quantitative estimate of drug-likeness (QED) is 0.797. The van der Waals surface area contributed by atoms with Crippen LogP contribution < -0.4 is 10.1 Å². The monoisotopic (exact) mass is 225 g/mol. The summed E-state index contributed by atoms with van der Waals surface area (Å²) in [6.45, 7) is 3.09. The Morgan fingerprint density at radius 2 is 2.38 bits per heavy atom. The normalized spacial score (nSPS) is 30.1. The number of piperidine rings is 1. The fraction of sp³-hybridized carbons (Fsp3) is 0.500. The number of benzene rings is 1. The summed E-state index contributed by atoms with van der Waals surface area (Å²) < 4.78 is 18.6. The van der Waals surface area contributed by atoms with Crippen LogP contribution in [0.2, 0.25) is 0 Å². The molecule has 0 amide bonds. The van der Waals surface area contributed by atoms with Gasteiger partial charge in [0.1, 0.15) is 23.3 Å². The van der Waals surface area contributed by atoms with E-state index in [9.17, 15) is 9.50 Å². The average molecular weight is 225 g/mol. The van der Waals surface area contributed by atoms with Crippen molar-refractivity contribution in [3.63, 3.8) is 0 Å². The minimum absolute atomic E-state index is 0.332. The molecule has 0 saturated carbocycles.